The largest absolute Gasteiger partial charge is 0.341 e. The normalized spacial score (nSPS) is 17.7. The van der Waals surface area contributed by atoms with E-state index in [9.17, 15) is 0 Å². The summed E-state index contributed by atoms with van der Waals surface area (Å²) in [7, 11) is 0. The first-order valence-corrected chi connectivity index (χ1v) is 6.63. The van der Waals surface area contributed by atoms with E-state index in [0.29, 0.717) is 0 Å². The van der Waals surface area contributed by atoms with Crippen molar-refractivity contribution < 1.29 is 0 Å². The van der Waals surface area contributed by atoms with Crippen molar-refractivity contribution in [3.8, 4) is 0 Å². The number of H-pyrrole nitrogens is 1. The number of aromatic nitrogens is 3. The third kappa shape index (κ3) is 2.33. The van der Waals surface area contributed by atoms with Crippen molar-refractivity contribution in [2.75, 3.05) is 0 Å². The summed E-state index contributed by atoms with van der Waals surface area (Å²) in [5.74, 6) is 1.79. The van der Waals surface area contributed by atoms with Gasteiger partial charge in [0.2, 0.25) is 0 Å². The van der Waals surface area contributed by atoms with Crippen LogP contribution in [0.15, 0.2) is 12.1 Å². The van der Waals surface area contributed by atoms with E-state index >= 15 is 0 Å². The van der Waals surface area contributed by atoms with Crippen LogP contribution in [0.2, 0.25) is 0 Å². The molecule has 0 saturated heterocycles. The minimum atomic E-state index is 0.841. The van der Waals surface area contributed by atoms with Crippen LogP contribution in [0.3, 0.4) is 0 Å². The molecule has 0 aromatic carbocycles. The molecule has 0 spiro atoms. The Kier molecular flexibility index (Phi) is 2.83. The van der Waals surface area contributed by atoms with Crippen molar-refractivity contribution in [3.05, 3.63) is 23.7 Å². The van der Waals surface area contributed by atoms with Gasteiger partial charge in [0.25, 0.3) is 0 Å². The van der Waals surface area contributed by atoms with E-state index < -0.39 is 0 Å². The summed E-state index contributed by atoms with van der Waals surface area (Å²) in [5.41, 5.74) is 3.13. The number of nitrogens with zero attached hydrogens (tertiary/aromatic N) is 2. The van der Waals surface area contributed by atoms with E-state index in [2.05, 4.69) is 27.1 Å². The second-order valence-corrected chi connectivity index (χ2v) is 5.20. The van der Waals surface area contributed by atoms with Gasteiger partial charge < -0.3 is 4.98 Å². The van der Waals surface area contributed by atoms with E-state index in [1.165, 1.54) is 37.8 Å². The van der Waals surface area contributed by atoms with Crippen LogP contribution in [0.1, 0.15) is 43.6 Å². The van der Waals surface area contributed by atoms with Gasteiger partial charge in [0, 0.05) is 5.69 Å². The van der Waals surface area contributed by atoms with E-state index in [-0.39, 0.29) is 0 Å². The summed E-state index contributed by atoms with van der Waals surface area (Å²) in [6, 6.07) is 4.26. The first-order chi connectivity index (χ1) is 8.31. The highest BCUT2D eigenvalue weighted by molar-refractivity contribution is 5.70. The maximum absolute atomic E-state index is 4.65. The van der Waals surface area contributed by atoms with Gasteiger partial charge >= 0.3 is 0 Å². The van der Waals surface area contributed by atoms with Crippen molar-refractivity contribution in [1.82, 2.24) is 15.0 Å². The third-order valence-corrected chi connectivity index (χ3v) is 3.74. The minimum Gasteiger partial charge on any atom is -0.341 e. The predicted octanol–water partition coefficient (Wildman–Crippen LogP) is 3.39. The van der Waals surface area contributed by atoms with Crippen LogP contribution < -0.4 is 0 Å². The highest BCUT2D eigenvalue weighted by Gasteiger charge is 2.15. The minimum absolute atomic E-state index is 0.841. The van der Waals surface area contributed by atoms with Crippen molar-refractivity contribution in [3.63, 3.8) is 0 Å². The lowest BCUT2D eigenvalue weighted by atomic mass is 9.86. The molecule has 0 bridgehead atoms. The second kappa shape index (κ2) is 4.47. The second-order valence-electron chi connectivity index (χ2n) is 5.20. The molecular formula is C14H19N3. The average Bonchev–Trinajstić information content (AvgIpc) is 2.70. The van der Waals surface area contributed by atoms with E-state index in [1.807, 2.05) is 6.92 Å². The predicted molar refractivity (Wildman–Crippen MR) is 68.9 cm³/mol. The fourth-order valence-electron chi connectivity index (χ4n) is 2.85. The molecular weight excluding hydrogens is 210 g/mol. The Bertz CT molecular complexity index is 509. The number of nitrogens with one attached hydrogen (secondary N) is 1. The zero-order chi connectivity index (χ0) is 11.7. The summed E-state index contributed by atoms with van der Waals surface area (Å²) in [5, 5.41) is 0. The number of rotatable bonds is 2. The number of aromatic amines is 1. The molecule has 3 heteroatoms. The molecule has 0 aliphatic heterocycles. The molecule has 1 fully saturated rings. The Labute approximate surface area is 102 Å². The zero-order valence-electron chi connectivity index (χ0n) is 10.4. The Morgan fingerprint density at radius 3 is 2.82 bits per heavy atom. The van der Waals surface area contributed by atoms with Crippen molar-refractivity contribution in [2.24, 2.45) is 5.92 Å². The van der Waals surface area contributed by atoms with Gasteiger partial charge in [-0.25, -0.2) is 9.97 Å². The number of imidazole rings is 1. The van der Waals surface area contributed by atoms with E-state index in [0.717, 1.165) is 29.3 Å². The molecule has 0 unspecified atom stereocenters. The molecule has 0 amide bonds. The summed E-state index contributed by atoms with van der Waals surface area (Å²) in [4.78, 5) is 12.3. The van der Waals surface area contributed by atoms with Crippen molar-refractivity contribution in [2.45, 2.75) is 45.4 Å². The lowest BCUT2D eigenvalue weighted by molar-refractivity contribution is 0.354. The fraction of sp³-hybridized carbons (Fsp3) is 0.571. The third-order valence-electron chi connectivity index (χ3n) is 3.74. The van der Waals surface area contributed by atoms with Crippen LogP contribution >= 0.6 is 0 Å². The molecule has 3 nitrogen and oxygen atoms in total. The standard InChI is InChI=1S/C14H19N3/c1-10-15-13-8-7-12(17-14(13)16-10)9-11-5-3-2-4-6-11/h7-8,11H,2-6,9H2,1H3,(H,15,16,17). The quantitative estimate of drug-likeness (QED) is 0.857. The SMILES string of the molecule is Cc1nc2nc(CC3CCCCC3)ccc2[nH]1. The van der Waals surface area contributed by atoms with Gasteiger partial charge in [0.05, 0.1) is 5.52 Å². The highest BCUT2D eigenvalue weighted by Crippen LogP contribution is 2.26. The smallest absolute Gasteiger partial charge is 0.177 e. The molecule has 2 heterocycles. The maximum atomic E-state index is 4.65. The molecule has 3 rings (SSSR count). The number of hydrogen-bond donors (Lipinski definition) is 1. The number of fused-ring (bicyclic) bond motifs is 1. The molecule has 90 valence electrons. The summed E-state index contributed by atoms with van der Waals surface area (Å²) in [6.45, 7) is 1.97. The molecule has 0 atom stereocenters. The molecule has 1 N–H and O–H groups in total. The van der Waals surface area contributed by atoms with Gasteiger partial charge in [-0.1, -0.05) is 32.1 Å². The first kappa shape index (κ1) is 10.8. The van der Waals surface area contributed by atoms with Crippen LogP contribution in [-0.4, -0.2) is 15.0 Å². The van der Waals surface area contributed by atoms with Crippen LogP contribution in [0.25, 0.3) is 11.2 Å². The van der Waals surface area contributed by atoms with Crippen LogP contribution in [0.5, 0.6) is 0 Å². The van der Waals surface area contributed by atoms with E-state index in [1.54, 1.807) is 0 Å². The van der Waals surface area contributed by atoms with Crippen LogP contribution in [0, 0.1) is 12.8 Å². The van der Waals surface area contributed by atoms with E-state index in [4.69, 9.17) is 0 Å². The Hall–Kier alpha value is -1.38. The molecule has 2 aromatic heterocycles. The Morgan fingerprint density at radius 1 is 1.18 bits per heavy atom. The number of hydrogen-bond acceptors (Lipinski definition) is 2. The van der Waals surface area contributed by atoms with Crippen molar-refractivity contribution in [1.29, 1.82) is 0 Å². The maximum Gasteiger partial charge on any atom is 0.177 e. The van der Waals surface area contributed by atoms with Gasteiger partial charge in [-0.15, -0.1) is 0 Å². The topological polar surface area (TPSA) is 41.6 Å². The lowest BCUT2D eigenvalue weighted by Crippen LogP contribution is -2.10. The first-order valence-electron chi connectivity index (χ1n) is 6.63. The average molecular weight is 229 g/mol. The molecule has 17 heavy (non-hydrogen) atoms. The van der Waals surface area contributed by atoms with Gasteiger partial charge in [0.1, 0.15) is 5.82 Å². The summed E-state index contributed by atoms with van der Waals surface area (Å²) in [6.07, 6.45) is 8.09. The zero-order valence-corrected chi connectivity index (χ0v) is 10.4. The summed E-state index contributed by atoms with van der Waals surface area (Å²) < 4.78 is 0. The monoisotopic (exact) mass is 229 g/mol. The van der Waals surface area contributed by atoms with Crippen molar-refractivity contribution >= 4 is 11.2 Å². The highest BCUT2D eigenvalue weighted by atomic mass is 15.0. The Morgan fingerprint density at radius 2 is 2.00 bits per heavy atom. The molecule has 1 aliphatic carbocycles. The molecule has 0 radical (unpaired) electrons. The van der Waals surface area contributed by atoms with Gasteiger partial charge in [0.15, 0.2) is 5.65 Å². The van der Waals surface area contributed by atoms with Gasteiger partial charge in [-0.05, 0) is 31.4 Å². The van der Waals surface area contributed by atoms with Gasteiger partial charge in [-0.2, -0.15) is 0 Å². The fourth-order valence-corrected chi connectivity index (χ4v) is 2.85. The summed E-state index contributed by atoms with van der Waals surface area (Å²) >= 11 is 0. The lowest BCUT2D eigenvalue weighted by Gasteiger charge is -2.20. The van der Waals surface area contributed by atoms with Gasteiger partial charge in [-0.3, -0.25) is 0 Å². The molecule has 2 aromatic rings. The molecule has 1 aliphatic rings. The molecule has 1 saturated carbocycles. The number of aryl methyl sites for hydroxylation is 1. The van der Waals surface area contributed by atoms with Crippen LogP contribution in [-0.2, 0) is 6.42 Å². The van der Waals surface area contributed by atoms with Crippen LogP contribution in [0.4, 0.5) is 0 Å². The Balaban J connectivity index is 1.79. The number of pyridine rings is 1.